The number of thioether (sulfide) groups is 1. The maximum Gasteiger partial charge on any atom is 0.252 e. The first-order valence-electron chi connectivity index (χ1n) is 6.38. The Morgan fingerprint density at radius 2 is 1.81 bits per heavy atom. The van der Waals surface area contributed by atoms with Gasteiger partial charge in [0.05, 0.1) is 27.4 Å². The van der Waals surface area contributed by atoms with Gasteiger partial charge in [0.15, 0.2) is 11.5 Å². The standard InChI is InChI=1S/C14H17NO5S/c1-18-10-6-8(7-11(19-2)12(10)20-3)13(16)15-9-4-5-21-14(9)17/h6-7,9H,4-5H2,1-3H3,(H,15,16)/t9-/m0/s1. The second-order valence-electron chi connectivity index (χ2n) is 4.40. The smallest absolute Gasteiger partial charge is 0.252 e. The maximum atomic E-state index is 12.3. The Bertz CT molecular complexity index is 535. The second kappa shape index (κ2) is 6.71. The van der Waals surface area contributed by atoms with E-state index < -0.39 is 6.04 Å². The lowest BCUT2D eigenvalue weighted by atomic mass is 10.1. The predicted octanol–water partition coefficient (Wildman–Crippen LogP) is 1.47. The first-order valence-corrected chi connectivity index (χ1v) is 7.36. The molecule has 1 N–H and O–H groups in total. The van der Waals surface area contributed by atoms with Crippen LogP contribution in [0.3, 0.4) is 0 Å². The summed E-state index contributed by atoms with van der Waals surface area (Å²) in [6.07, 6.45) is 0.652. The molecule has 21 heavy (non-hydrogen) atoms. The first-order chi connectivity index (χ1) is 10.1. The Morgan fingerprint density at radius 1 is 1.19 bits per heavy atom. The molecular weight excluding hydrogens is 294 g/mol. The van der Waals surface area contributed by atoms with Crippen LogP contribution >= 0.6 is 11.8 Å². The highest BCUT2D eigenvalue weighted by molar-refractivity contribution is 8.14. The monoisotopic (exact) mass is 311 g/mol. The third-order valence-electron chi connectivity index (χ3n) is 3.17. The van der Waals surface area contributed by atoms with Crippen molar-refractivity contribution >= 4 is 22.8 Å². The Labute approximate surface area is 127 Å². The molecule has 0 saturated carbocycles. The highest BCUT2D eigenvalue weighted by Gasteiger charge is 2.27. The highest BCUT2D eigenvalue weighted by atomic mass is 32.2. The van der Waals surface area contributed by atoms with Crippen molar-refractivity contribution < 1.29 is 23.8 Å². The minimum absolute atomic E-state index is 0.00390. The van der Waals surface area contributed by atoms with E-state index >= 15 is 0 Å². The van der Waals surface area contributed by atoms with Gasteiger partial charge in [-0.2, -0.15) is 0 Å². The van der Waals surface area contributed by atoms with Crippen LogP contribution in [0.25, 0.3) is 0 Å². The number of hydrogen-bond donors (Lipinski definition) is 1. The summed E-state index contributed by atoms with van der Waals surface area (Å²) in [6, 6.07) is 2.69. The van der Waals surface area contributed by atoms with E-state index in [1.807, 2.05) is 0 Å². The van der Waals surface area contributed by atoms with Gasteiger partial charge in [0.1, 0.15) is 0 Å². The number of rotatable bonds is 5. The molecule has 0 unspecified atom stereocenters. The highest BCUT2D eigenvalue weighted by Crippen LogP contribution is 2.38. The summed E-state index contributed by atoms with van der Waals surface area (Å²) < 4.78 is 15.6. The molecule has 1 aliphatic heterocycles. The fourth-order valence-corrected chi connectivity index (χ4v) is 3.01. The Kier molecular flexibility index (Phi) is 4.95. The number of ether oxygens (including phenoxy) is 3. The van der Waals surface area contributed by atoms with Crippen LogP contribution in [0.15, 0.2) is 12.1 Å². The van der Waals surface area contributed by atoms with Crippen LogP contribution in [0, 0.1) is 0 Å². The van der Waals surface area contributed by atoms with Crippen LogP contribution < -0.4 is 19.5 Å². The van der Waals surface area contributed by atoms with Crippen LogP contribution in [0.2, 0.25) is 0 Å². The van der Waals surface area contributed by atoms with Gasteiger partial charge in [-0.15, -0.1) is 0 Å². The number of nitrogens with one attached hydrogen (secondary N) is 1. The summed E-state index contributed by atoms with van der Waals surface area (Å²) >= 11 is 1.24. The average molecular weight is 311 g/mol. The molecule has 1 fully saturated rings. The van der Waals surface area contributed by atoms with Crippen molar-refractivity contribution in [2.45, 2.75) is 12.5 Å². The van der Waals surface area contributed by atoms with E-state index in [4.69, 9.17) is 14.2 Å². The Balaban J connectivity index is 2.26. The number of hydrogen-bond acceptors (Lipinski definition) is 6. The number of methoxy groups -OCH3 is 3. The van der Waals surface area contributed by atoms with Crippen LogP contribution in [0.5, 0.6) is 17.2 Å². The Morgan fingerprint density at radius 3 is 2.24 bits per heavy atom. The van der Waals surface area contributed by atoms with Crippen molar-refractivity contribution in [3.8, 4) is 17.2 Å². The molecule has 1 amide bonds. The fraction of sp³-hybridized carbons (Fsp3) is 0.429. The van der Waals surface area contributed by atoms with E-state index in [2.05, 4.69) is 5.32 Å². The van der Waals surface area contributed by atoms with Gasteiger partial charge in [0, 0.05) is 11.3 Å². The fourth-order valence-electron chi connectivity index (χ4n) is 2.08. The zero-order valence-electron chi connectivity index (χ0n) is 12.1. The lowest BCUT2D eigenvalue weighted by Crippen LogP contribution is -2.37. The first kappa shape index (κ1) is 15.5. The summed E-state index contributed by atoms with van der Waals surface area (Å²) in [6.45, 7) is 0. The van der Waals surface area contributed by atoms with Crippen molar-refractivity contribution in [1.82, 2.24) is 5.32 Å². The van der Waals surface area contributed by atoms with E-state index in [0.717, 1.165) is 5.75 Å². The van der Waals surface area contributed by atoms with E-state index in [0.29, 0.717) is 29.2 Å². The number of benzene rings is 1. The maximum absolute atomic E-state index is 12.3. The topological polar surface area (TPSA) is 73.9 Å². The van der Waals surface area contributed by atoms with E-state index in [1.54, 1.807) is 12.1 Å². The molecule has 0 radical (unpaired) electrons. The number of amides is 1. The average Bonchev–Trinajstić information content (AvgIpc) is 2.90. The Hall–Kier alpha value is -1.89. The normalized spacial score (nSPS) is 17.5. The van der Waals surface area contributed by atoms with Crippen molar-refractivity contribution in [3.63, 3.8) is 0 Å². The third-order valence-corrected chi connectivity index (χ3v) is 4.18. The SMILES string of the molecule is COc1cc(C(=O)N[C@H]2CCSC2=O)cc(OC)c1OC. The summed E-state index contributed by atoms with van der Waals surface area (Å²) in [4.78, 5) is 23.8. The lowest BCUT2D eigenvalue weighted by Gasteiger charge is -2.15. The molecule has 7 heteroatoms. The minimum atomic E-state index is -0.429. The quantitative estimate of drug-likeness (QED) is 0.888. The van der Waals surface area contributed by atoms with E-state index in [1.165, 1.54) is 33.1 Å². The number of carbonyl (C=O) groups is 2. The summed E-state index contributed by atoms with van der Waals surface area (Å²) in [5.41, 5.74) is 0.356. The van der Waals surface area contributed by atoms with Crippen LogP contribution in [-0.4, -0.2) is 44.1 Å². The second-order valence-corrected chi connectivity index (χ2v) is 5.50. The molecule has 114 valence electrons. The zero-order valence-corrected chi connectivity index (χ0v) is 12.9. The van der Waals surface area contributed by atoms with Gasteiger partial charge in [-0.1, -0.05) is 11.8 Å². The molecule has 6 nitrogen and oxygen atoms in total. The third kappa shape index (κ3) is 3.24. The molecule has 0 aliphatic carbocycles. The van der Waals surface area contributed by atoms with Crippen molar-refractivity contribution in [3.05, 3.63) is 17.7 Å². The molecule has 1 aromatic carbocycles. The van der Waals surface area contributed by atoms with Crippen LogP contribution in [0.1, 0.15) is 16.8 Å². The van der Waals surface area contributed by atoms with Crippen LogP contribution in [-0.2, 0) is 4.79 Å². The molecule has 0 spiro atoms. The van der Waals surface area contributed by atoms with Crippen molar-refractivity contribution in [2.75, 3.05) is 27.1 Å². The van der Waals surface area contributed by atoms with Crippen molar-refractivity contribution in [2.24, 2.45) is 0 Å². The van der Waals surface area contributed by atoms with E-state index in [-0.39, 0.29) is 11.0 Å². The van der Waals surface area contributed by atoms with E-state index in [9.17, 15) is 9.59 Å². The predicted molar refractivity (Wildman–Crippen MR) is 79.4 cm³/mol. The molecule has 1 aromatic rings. The summed E-state index contributed by atoms with van der Waals surface area (Å²) in [5.74, 6) is 1.61. The summed E-state index contributed by atoms with van der Waals surface area (Å²) in [7, 11) is 4.46. The van der Waals surface area contributed by atoms with Gasteiger partial charge in [-0.05, 0) is 18.6 Å². The van der Waals surface area contributed by atoms with Gasteiger partial charge in [-0.25, -0.2) is 0 Å². The van der Waals surface area contributed by atoms with Gasteiger partial charge < -0.3 is 19.5 Å². The largest absolute Gasteiger partial charge is 0.493 e. The zero-order chi connectivity index (χ0) is 15.4. The van der Waals surface area contributed by atoms with Gasteiger partial charge in [0.25, 0.3) is 5.91 Å². The molecule has 1 saturated heterocycles. The minimum Gasteiger partial charge on any atom is -0.493 e. The molecule has 0 aromatic heterocycles. The van der Waals surface area contributed by atoms with Crippen LogP contribution in [0.4, 0.5) is 0 Å². The molecule has 2 rings (SSSR count). The van der Waals surface area contributed by atoms with Gasteiger partial charge >= 0.3 is 0 Å². The van der Waals surface area contributed by atoms with Crippen molar-refractivity contribution in [1.29, 1.82) is 0 Å². The molecule has 0 bridgehead atoms. The lowest BCUT2D eigenvalue weighted by molar-refractivity contribution is -0.112. The molecule has 1 heterocycles. The molecule has 1 aliphatic rings. The van der Waals surface area contributed by atoms with Gasteiger partial charge in [-0.3, -0.25) is 9.59 Å². The molecule has 1 atom stereocenters. The van der Waals surface area contributed by atoms with Gasteiger partial charge in [0.2, 0.25) is 10.9 Å². The number of carbonyl (C=O) groups excluding carboxylic acids is 2. The summed E-state index contributed by atoms with van der Waals surface area (Å²) in [5, 5.41) is 2.72. The molecular formula is C14H17NO5S.